The van der Waals surface area contributed by atoms with Gasteiger partial charge in [-0.25, -0.2) is 5.43 Å². The van der Waals surface area contributed by atoms with Gasteiger partial charge in [0.15, 0.2) is 11.5 Å². The lowest BCUT2D eigenvalue weighted by molar-refractivity contribution is -0.120. The van der Waals surface area contributed by atoms with Crippen LogP contribution in [0, 0.1) is 0 Å². The Hall–Kier alpha value is -2.06. The second-order valence-corrected chi connectivity index (χ2v) is 9.50. The third kappa shape index (κ3) is 7.74. The van der Waals surface area contributed by atoms with Gasteiger partial charge < -0.3 is 9.47 Å². The molecule has 0 aromatic heterocycles. The minimum Gasteiger partial charge on any atom is -0.490 e. The Kier molecular flexibility index (Phi) is 9.62. The van der Waals surface area contributed by atoms with E-state index in [1.54, 1.807) is 24.4 Å². The van der Waals surface area contributed by atoms with Crippen molar-refractivity contribution in [2.45, 2.75) is 20.0 Å². The van der Waals surface area contributed by atoms with Crippen molar-refractivity contribution in [2.75, 3.05) is 6.61 Å². The van der Waals surface area contributed by atoms with Crippen molar-refractivity contribution >= 4 is 67.2 Å². The van der Waals surface area contributed by atoms with Gasteiger partial charge in [-0.15, -0.1) is 0 Å². The average Bonchev–Trinajstić information content (AvgIpc) is 2.76. The van der Waals surface area contributed by atoms with Crippen LogP contribution in [-0.4, -0.2) is 18.7 Å². The molecule has 0 heterocycles. The summed E-state index contributed by atoms with van der Waals surface area (Å²) in [5.41, 5.74) is 4.97. The molecule has 5 nitrogen and oxygen atoms in total. The van der Waals surface area contributed by atoms with Gasteiger partial charge in [0, 0.05) is 20.1 Å². The Morgan fingerprint density at radius 1 is 1.06 bits per heavy atom. The first kappa shape index (κ1) is 25.6. The fourth-order valence-corrected chi connectivity index (χ4v) is 4.16. The molecular formula is C24H20Br2Cl2N2O3. The average molecular weight is 615 g/mol. The fourth-order valence-electron chi connectivity index (χ4n) is 2.86. The number of hydrogen-bond acceptors (Lipinski definition) is 4. The van der Waals surface area contributed by atoms with Crippen LogP contribution in [-0.2, 0) is 17.8 Å². The van der Waals surface area contributed by atoms with E-state index in [0.29, 0.717) is 32.6 Å². The van der Waals surface area contributed by atoms with Crippen LogP contribution in [0.4, 0.5) is 0 Å². The molecular weight excluding hydrogens is 595 g/mol. The van der Waals surface area contributed by atoms with Gasteiger partial charge in [-0.2, -0.15) is 5.10 Å². The van der Waals surface area contributed by atoms with Crippen LogP contribution < -0.4 is 14.9 Å². The highest BCUT2D eigenvalue weighted by Crippen LogP contribution is 2.37. The molecule has 0 aliphatic carbocycles. The molecule has 0 saturated heterocycles. The Bertz CT molecular complexity index is 1160. The van der Waals surface area contributed by atoms with Gasteiger partial charge in [0.25, 0.3) is 0 Å². The van der Waals surface area contributed by atoms with E-state index in [2.05, 4.69) is 42.4 Å². The first-order chi connectivity index (χ1) is 15.9. The lowest BCUT2D eigenvalue weighted by atomic mass is 10.1. The van der Waals surface area contributed by atoms with Crippen molar-refractivity contribution in [3.05, 3.63) is 90.3 Å². The number of carbonyl (C=O) groups excluding carboxylic acids is 1. The van der Waals surface area contributed by atoms with E-state index in [1.165, 1.54) is 0 Å². The van der Waals surface area contributed by atoms with Crippen molar-refractivity contribution in [1.82, 2.24) is 5.43 Å². The Morgan fingerprint density at radius 3 is 2.52 bits per heavy atom. The molecule has 0 bridgehead atoms. The minimum absolute atomic E-state index is 0.211. The highest BCUT2D eigenvalue weighted by atomic mass is 79.9. The number of nitrogens with one attached hydrogen (secondary N) is 1. The molecule has 0 radical (unpaired) electrons. The largest absolute Gasteiger partial charge is 0.490 e. The Labute approximate surface area is 219 Å². The first-order valence-corrected chi connectivity index (χ1v) is 12.3. The van der Waals surface area contributed by atoms with E-state index in [1.807, 2.05) is 43.3 Å². The monoisotopic (exact) mass is 612 g/mol. The Morgan fingerprint density at radius 2 is 1.82 bits per heavy atom. The summed E-state index contributed by atoms with van der Waals surface area (Å²) in [6.07, 6.45) is 1.78. The molecule has 0 spiro atoms. The number of amides is 1. The fraction of sp³-hybridized carbons (Fsp3) is 0.167. The molecule has 3 aromatic rings. The van der Waals surface area contributed by atoms with Crippen LogP contribution in [0.5, 0.6) is 11.5 Å². The minimum atomic E-state index is -0.211. The van der Waals surface area contributed by atoms with E-state index in [4.69, 9.17) is 32.7 Å². The second-order valence-electron chi connectivity index (χ2n) is 6.88. The summed E-state index contributed by atoms with van der Waals surface area (Å²) in [4.78, 5) is 12.1. The summed E-state index contributed by atoms with van der Waals surface area (Å²) in [5.74, 6) is 0.872. The van der Waals surface area contributed by atoms with Crippen LogP contribution in [0.25, 0.3) is 0 Å². The molecule has 3 rings (SSSR count). The summed E-state index contributed by atoms with van der Waals surface area (Å²) in [6, 6.07) is 16.4. The molecule has 9 heteroatoms. The van der Waals surface area contributed by atoms with Crippen LogP contribution in [0.3, 0.4) is 0 Å². The Balaban J connectivity index is 1.67. The van der Waals surface area contributed by atoms with Crippen LogP contribution in [0.15, 0.2) is 68.6 Å². The lowest BCUT2D eigenvalue weighted by Gasteiger charge is -2.15. The van der Waals surface area contributed by atoms with Crippen molar-refractivity contribution in [3.63, 3.8) is 0 Å². The van der Waals surface area contributed by atoms with Gasteiger partial charge in [0.05, 0.1) is 23.7 Å². The summed E-state index contributed by atoms with van der Waals surface area (Å²) in [7, 11) is 0. The van der Waals surface area contributed by atoms with Crippen LogP contribution in [0.2, 0.25) is 10.0 Å². The number of hydrogen-bond donors (Lipinski definition) is 1. The maximum Gasteiger partial charge on any atom is 0.244 e. The van der Waals surface area contributed by atoms with Gasteiger partial charge >= 0.3 is 0 Å². The molecule has 0 fully saturated rings. The third-order valence-corrected chi connectivity index (χ3v) is 6.10. The molecule has 1 amide bonds. The molecule has 0 aliphatic heterocycles. The molecule has 3 aromatic carbocycles. The van der Waals surface area contributed by atoms with Gasteiger partial charge in [-0.1, -0.05) is 57.3 Å². The van der Waals surface area contributed by atoms with Crippen molar-refractivity contribution < 1.29 is 14.3 Å². The zero-order valence-corrected chi connectivity index (χ0v) is 22.3. The lowest BCUT2D eigenvalue weighted by Crippen LogP contribution is -2.19. The van der Waals surface area contributed by atoms with Gasteiger partial charge in [-0.3, -0.25) is 4.79 Å². The highest BCUT2D eigenvalue weighted by Gasteiger charge is 2.13. The maximum absolute atomic E-state index is 12.1. The summed E-state index contributed by atoms with van der Waals surface area (Å²) in [5, 5.41) is 5.15. The zero-order valence-electron chi connectivity index (χ0n) is 17.6. The third-order valence-electron chi connectivity index (χ3n) is 4.40. The second kappa shape index (κ2) is 12.4. The highest BCUT2D eigenvalue weighted by molar-refractivity contribution is 9.10. The van der Waals surface area contributed by atoms with E-state index in [0.717, 1.165) is 21.2 Å². The standard InChI is InChI=1S/C24H20Br2Cl2N2O3/c1-2-32-22-10-16(13-29-30-23(31)11-15-3-6-18(25)7-4-15)9-20(26)24(22)33-14-17-5-8-19(27)12-21(17)28/h3-10,12-13H,2,11,14H2,1H3,(H,30,31)/b29-13-. The summed E-state index contributed by atoms with van der Waals surface area (Å²) < 4.78 is 13.4. The number of hydrazone groups is 1. The molecule has 0 aliphatic rings. The predicted molar refractivity (Wildman–Crippen MR) is 140 cm³/mol. The van der Waals surface area contributed by atoms with Crippen molar-refractivity contribution in [2.24, 2.45) is 5.10 Å². The van der Waals surface area contributed by atoms with E-state index in [-0.39, 0.29) is 18.9 Å². The topological polar surface area (TPSA) is 59.9 Å². The summed E-state index contributed by atoms with van der Waals surface area (Å²) in [6.45, 7) is 2.58. The predicted octanol–water partition coefficient (Wildman–Crippen LogP) is 7.19. The molecule has 1 N–H and O–H groups in total. The quantitative estimate of drug-likeness (QED) is 0.205. The number of carbonyl (C=O) groups is 1. The SMILES string of the molecule is CCOc1cc(/C=N\NC(=O)Cc2ccc(Br)cc2)cc(Br)c1OCc1ccc(Cl)cc1Cl. The smallest absolute Gasteiger partial charge is 0.244 e. The molecule has 172 valence electrons. The van der Waals surface area contributed by atoms with Gasteiger partial charge in [-0.05, 0) is 70.4 Å². The number of halogens is 4. The zero-order chi connectivity index (χ0) is 23.8. The molecule has 0 saturated carbocycles. The first-order valence-electron chi connectivity index (χ1n) is 9.95. The van der Waals surface area contributed by atoms with Crippen LogP contribution >= 0.6 is 55.1 Å². The maximum atomic E-state index is 12.1. The van der Waals surface area contributed by atoms with Crippen molar-refractivity contribution in [3.8, 4) is 11.5 Å². The number of rotatable bonds is 9. The van der Waals surface area contributed by atoms with E-state index >= 15 is 0 Å². The van der Waals surface area contributed by atoms with Crippen molar-refractivity contribution in [1.29, 1.82) is 0 Å². The number of ether oxygens (including phenoxy) is 2. The van der Waals surface area contributed by atoms with Gasteiger partial charge in [0.1, 0.15) is 6.61 Å². The number of benzene rings is 3. The van der Waals surface area contributed by atoms with Crippen LogP contribution in [0.1, 0.15) is 23.6 Å². The van der Waals surface area contributed by atoms with Gasteiger partial charge in [0.2, 0.25) is 5.91 Å². The summed E-state index contributed by atoms with van der Waals surface area (Å²) >= 11 is 19.1. The molecule has 0 atom stereocenters. The normalized spacial score (nSPS) is 10.9. The molecule has 0 unspecified atom stereocenters. The van der Waals surface area contributed by atoms with E-state index < -0.39 is 0 Å². The van der Waals surface area contributed by atoms with E-state index in [9.17, 15) is 4.79 Å². The molecule has 33 heavy (non-hydrogen) atoms. The number of nitrogens with zero attached hydrogens (tertiary/aromatic N) is 1.